The van der Waals surface area contributed by atoms with Gasteiger partial charge in [-0.15, -0.1) is 11.3 Å². The average Bonchev–Trinajstić information content (AvgIpc) is 4.21. The summed E-state index contributed by atoms with van der Waals surface area (Å²) in [6, 6.07) is 80.1. The fourth-order valence-corrected chi connectivity index (χ4v) is 12.8. The molecule has 16 aromatic rings. The Labute approximate surface area is 414 Å². The summed E-state index contributed by atoms with van der Waals surface area (Å²) in [5.74, 6) is 1.70. The van der Waals surface area contributed by atoms with Crippen LogP contribution in [0.1, 0.15) is 0 Å². The van der Waals surface area contributed by atoms with E-state index in [1.165, 1.54) is 47.8 Å². The standard InChI is InChI=1S/C65H37N5OS/c1-2-19-41(20-3-1)69-53-29-11-8-22-43(53)45-25-14-27-49(60(45)69)63-66-64(68-65(67-63)51-28-15-26-47-44-23-10-13-31-57(44)72-62(47)51)50-34-35-54(58-48-24-9-12-30-56(48)71-61(50)58)70-55-37-40-18-5-4-17-39(40)36-52(55)46-33-32-38-16-6-7-21-42(38)59(46)70/h1-37H. The molecule has 0 amide bonds. The highest BCUT2D eigenvalue weighted by Crippen LogP contribution is 2.46. The molecule has 0 unspecified atom stereocenters. The molecule has 334 valence electrons. The first kappa shape index (κ1) is 39.4. The zero-order valence-electron chi connectivity index (χ0n) is 38.4. The smallest absolute Gasteiger partial charge is 0.167 e. The summed E-state index contributed by atoms with van der Waals surface area (Å²) in [5, 5.41) is 13.8. The van der Waals surface area contributed by atoms with Crippen molar-refractivity contribution in [1.29, 1.82) is 0 Å². The molecule has 0 bridgehead atoms. The fourth-order valence-electron chi connectivity index (χ4n) is 11.6. The maximum Gasteiger partial charge on any atom is 0.167 e. The Morgan fingerprint density at radius 2 is 0.986 bits per heavy atom. The van der Waals surface area contributed by atoms with E-state index in [0.717, 1.165) is 82.0 Å². The zero-order chi connectivity index (χ0) is 47.0. The van der Waals surface area contributed by atoms with E-state index >= 15 is 0 Å². The monoisotopic (exact) mass is 935 g/mol. The van der Waals surface area contributed by atoms with Crippen LogP contribution in [0.3, 0.4) is 0 Å². The van der Waals surface area contributed by atoms with E-state index in [4.69, 9.17) is 19.4 Å². The number of fused-ring (bicyclic) bond motifs is 15. The first-order valence-corrected chi connectivity index (χ1v) is 25.1. The van der Waals surface area contributed by atoms with E-state index in [1.807, 2.05) is 6.07 Å². The van der Waals surface area contributed by atoms with Crippen LogP contribution in [0.15, 0.2) is 229 Å². The van der Waals surface area contributed by atoms with Gasteiger partial charge in [-0.2, -0.15) is 0 Å². The van der Waals surface area contributed by atoms with Crippen LogP contribution in [0, 0.1) is 0 Å². The number of hydrogen-bond donors (Lipinski definition) is 0. The molecule has 0 aliphatic rings. The van der Waals surface area contributed by atoms with Crippen molar-refractivity contribution in [2.45, 2.75) is 0 Å². The highest BCUT2D eigenvalue weighted by molar-refractivity contribution is 7.26. The Morgan fingerprint density at radius 1 is 0.361 bits per heavy atom. The third-order valence-electron chi connectivity index (χ3n) is 14.7. The second-order valence-corrected chi connectivity index (χ2v) is 19.7. The van der Waals surface area contributed by atoms with Crippen LogP contribution in [0.2, 0.25) is 0 Å². The Morgan fingerprint density at radius 3 is 1.83 bits per heavy atom. The van der Waals surface area contributed by atoms with E-state index in [2.05, 4.69) is 228 Å². The summed E-state index contributed by atoms with van der Waals surface area (Å²) in [6.45, 7) is 0. The second-order valence-electron chi connectivity index (χ2n) is 18.6. The van der Waals surface area contributed by atoms with Gasteiger partial charge in [-0.25, -0.2) is 15.0 Å². The maximum absolute atomic E-state index is 7.13. The van der Waals surface area contributed by atoms with Crippen molar-refractivity contribution in [2.24, 2.45) is 0 Å². The van der Waals surface area contributed by atoms with Gasteiger partial charge in [0, 0.05) is 69.3 Å². The van der Waals surface area contributed by atoms with E-state index in [0.29, 0.717) is 23.1 Å². The highest BCUT2D eigenvalue weighted by atomic mass is 32.1. The number of rotatable bonds is 5. The molecule has 11 aromatic carbocycles. The number of aromatic nitrogens is 5. The van der Waals surface area contributed by atoms with Crippen LogP contribution in [0.5, 0.6) is 0 Å². The lowest BCUT2D eigenvalue weighted by molar-refractivity contribution is 0.669. The van der Waals surface area contributed by atoms with Gasteiger partial charge in [0.05, 0.1) is 38.7 Å². The third kappa shape index (κ3) is 5.62. The van der Waals surface area contributed by atoms with Crippen LogP contribution in [-0.2, 0) is 0 Å². The number of benzene rings is 11. The molecular weight excluding hydrogens is 899 g/mol. The van der Waals surface area contributed by atoms with Gasteiger partial charge >= 0.3 is 0 Å². The van der Waals surface area contributed by atoms with Crippen molar-refractivity contribution >= 4 is 119 Å². The van der Waals surface area contributed by atoms with Gasteiger partial charge < -0.3 is 13.6 Å². The van der Waals surface area contributed by atoms with Crippen molar-refractivity contribution in [1.82, 2.24) is 24.1 Å². The van der Waals surface area contributed by atoms with E-state index < -0.39 is 0 Å². The van der Waals surface area contributed by atoms with Gasteiger partial charge in [0.25, 0.3) is 0 Å². The summed E-state index contributed by atoms with van der Waals surface area (Å²) in [4.78, 5) is 16.6. The van der Waals surface area contributed by atoms with E-state index in [1.54, 1.807) is 11.3 Å². The largest absolute Gasteiger partial charge is 0.455 e. The van der Waals surface area contributed by atoms with Gasteiger partial charge in [-0.1, -0.05) is 158 Å². The fraction of sp³-hybridized carbons (Fsp3) is 0. The number of para-hydroxylation sites is 4. The van der Waals surface area contributed by atoms with Crippen LogP contribution in [0.4, 0.5) is 0 Å². The lowest BCUT2D eigenvalue weighted by Gasteiger charge is -2.15. The summed E-state index contributed by atoms with van der Waals surface area (Å²) in [6.07, 6.45) is 0. The summed E-state index contributed by atoms with van der Waals surface area (Å²) >= 11 is 1.77. The Hall–Kier alpha value is -9.43. The van der Waals surface area contributed by atoms with Crippen molar-refractivity contribution in [3.8, 4) is 45.5 Å². The minimum absolute atomic E-state index is 0.529. The molecule has 6 nitrogen and oxygen atoms in total. The van der Waals surface area contributed by atoms with Gasteiger partial charge in [0.2, 0.25) is 0 Å². The first-order valence-electron chi connectivity index (χ1n) is 24.3. The van der Waals surface area contributed by atoms with Crippen LogP contribution in [0.25, 0.3) is 153 Å². The molecule has 0 saturated carbocycles. The molecule has 0 aliphatic heterocycles. The summed E-state index contributed by atoms with van der Waals surface area (Å²) in [7, 11) is 0. The highest BCUT2D eigenvalue weighted by Gasteiger charge is 2.26. The molecule has 0 aliphatic carbocycles. The molecule has 0 radical (unpaired) electrons. The van der Waals surface area contributed by atoms with Crippen LogP contribution >= 0.6 is 11.3 Å². The predicted molar refractivity (Wildman–Crippen MR) is 300 cm³/mol. The van der Waals surface area contributed by atoms with Crippen molar-refractivity contribution in [2.75, 3.05) is 0 Å². The molecule has 0 spiro atoms. The SMILES string of the molecule is c1ccc(-n2c3ccccc3c3cccc(-c4nc(-c5ccc(-n6c7cc8ccccc8cc7c7ccc8ccccc8c76)c6c5oc5ccccc56)nc(-c5cccc6c5sc5ccccc56)n4)c32)cc1. The molecule has 5 heterocycles. The first-order chi connectivity index (χ1) is 35.7. The lowest BCUT2D eigenvalue weighted by Crippen LogP contribution is -2.03. The van der Waals surface area contributed by atoms with Crippen molar-refractivity contribution < 1.29 is 4.42 Å². The van der Waals surface area contributed by atoms with Crippen molar-refractivity contribution in [3.63, 3.8) is 0 Å². The van der Waals surface area contributed by atoms with Crippen LogP contribution in [-0.4, -0.2) is 24.1 Å². The van der Waals surface area contributed by atoms with Gasteiger partial charge in [-0.05, 0) is 82.9 Å². The van der Waals surface area contributed by atoms with E-state index in [9.17, 15) is 0 Å². The molecule has 16 rings (SSSR count). The zero-order valence-corrected chi connectivity index (χ0v) is 39.2. The Balaban J connectivity index is 1.02. The predicted octanol–water partition coefficient (Wildman–Crippen LogP) is 17.6. The molecule has 0 atom stereocenters. The molecule has 0 fully saturated rings. The molecular formula is C65H37N5OS. The van der Waals surface area contributed by atoms with Gasteiger partial charge in [0.1, 0.15) is 11.2 Å². The molecule has 0 N–H and O–H groups in total. The average molecular weight is 936 g/mol. The molecule has 7 heteroatoms. The summed E-state index contributed by atoms with van der Waals surface area (Å²) < 4.78 is 14.3. The number of hydrogen-bond acceptors (Lipinski definition) is 5. The number of nitrogens with zero attached hydrogens (tertiary/aromatic N) is 5. The van der Waals surface area contributed by atoms with Gasteiger partial charge in [0.15, 0.2) is 17.5 Å². The van der Waals surface area contributed by atoms with Crippen LogP contribution < -0.4 is 0 Å². The Bertz CT molecular complexity index is 4940. The molecule has 0 saturated heterocycles. The minimum Gasteiger partial charge on any atom is -0.455 e. The summed E-state index contributed by atoms with van der Waals surface area (Å²) in [5.41, 5.74) is 10.7. The normalized spacial score (nSPS) is 12.2. The van der Waals surface area contributed by atoms with E-state index in [-0.39, 0.29) is 0 Å². The maximum atomic E-state index is 7.13. The minimum atomic E-state index is 0.529. The quantitative estimate of drug-likeness (QED) is 0.172. The third-order valence-corrected chi connectivity index (χ3v) is 16.0. The number of furan rings is 1. The Kier molecular flexibility index (Phi) is 8.23. The lowest BCUT2D eigenvalue weighted by atomic mass is 10.0. The molecule has 5 aromatic heterocycles. The van der Waals surface area contributed by atoms with Crippen molar-refractivity contribution in [3.05, 3.63) is 224 Å². The second kappa shape index (κ2) is 15.0. The topological polar surface area (TPSA) is 61.7 Å². The van der Waals surface area contributed by atoms with Gasteiger partial charge in [-0.3, -0.25) is 0 Å². The molecule has 72 heavy (non-hydrogen) atoms. The number of thiophene rings is 1.